The van der Waals surface area contributed by atoms with E-state index in [2.05, 4.69) is 10.1 Å². The molecule has 0 N–H and O–H groups in total. The maximum atomic E-state index is 12.9. The number of anilines is 1. The zero-order chi connectivity index (χ0) is 19.1. The molecule has 1 saturated heterocycles. The topological polar surface area (TPSA) is 92.7 Å². The van der Waals surface area contributed by atoms with Crippen LogP contribution < -0.4 is 10.3 Å². The minimum Gasteiger partial charge on any atom is -0.451 e. The van der Waals surface area contributed by atoms with Crippen LogP contribution in [0.4, 0.5) is 5.95 Å². The number of para-hydroxylation sites is 1. The average Bonchev–Trinajstić information content (AvgIpc) is 3.50. The van der Waals surface area contributed by atoms with Gasteiger partial charge in [-0.2, -0.15) is 4.98 Å². The molecule has 1 aliphatic carbocycles. The summed E-state index contributed by atoms with van der Waals surface area (Å²) in [5.41, 5.74) is 0.218. The summed E-state index contributed by atoms with van der Waals surface area (Å²) in [6, 6.07) is 8.24. The molecule has 2 fully saturated rings. The Bertz CT molecular complexity index is 1080. The quantitative estimate of drug-likeness (QED) is 0.689. The van der Waals surface area contributed by atoms with Crippen LogP contribution in [0.3, 0.4) is 0 Å². The second-order valence-electron chi connectivity index (χ2n) is 7.31. The third kappa shape index (κ3) is 3.15. The van der Waals surface area contributed by atoms with E-state index >= 15 is 0 Å². The van der Waals surface area contributed by atoms with Crippen LogP contribution in [0.15, 0.2) is 44.1 Å². The van der Waals surface area contributed by atoms with Crippen LogP contribution in [0.25, 0.3) is 11.0 Å². The third-order valence-electron chi connectivity index (χ3n) is 5.27. The van der Waals surface area contributed by atoms with E-state index in [-0.39, 0.29) is 17.1 Å². The smallest absolute Gasteiger partial charge is 0.289 e. The lowest BCUT2D eigenvalue weighted by molar-refractivity contribution is 0.0735. The van der Waals surface area contributed by atoms with Crippen LogP contribution in [0.5, 0.6) is 0 Å². The first kappa shape index (κ1) is 17.0. The highest BCUT2D eigenvalue weighted by molar-refractivity contribution is 5.93. The van der Waals surface area contributed by atoms with Gasteiger partial charge in [0, 0.05) is 38.2 Å². The van der Waals surface area contributed by atoms with E-state index in [1.807, 2.05) is 4.90 Å². The van der Waals surface area contributed by atoms with E-state index in [0.717, 1.165) is 25.8 Å². The van der Waals surface area contributed by atoms with Crippen molar-refractivity contribution in [1.82, 2.24) is 15.0 Å². The summed E-state index contributed by atoms with van der Waals surface area (Å²) in [7, 11) is 0. The van der Waals surface area contributed by atoms with Gasteiger partial charge in [0.05, 0.1) is 5.39 Å². The van der Waals surface area contributed by atoms with Gasteiger partial charge < -0.3 is 18.7 Å². The molecule has 28 heavy (non-hydrogen) atoms. The van der Waals surface area contributed by atoms with Crippen LogP contribution in [0.2, 0.25) is 0 Å². The molecule has 0 radical (unpaired) electrons. The first-order valence-electron chi connectivity index (χ1n) is 9.60. The zero-order valence-corrected chi connectivity index (χ0v) is 15.3. The average molecular weight is 380 g/mol. The molecule has 144 valence electrons. The van der Waals surface area contributed by atoms with Crippen molar-refractivity contribution in [2.45, 2.75) is 25.2 Å². The van der Waals surface area contributed by atoms with Crippen molar-refractivity contribution in [1.29, 1.82) is 0 Å². The monoisotopic (exact) mass is 380 g/mol. The predicted octanol–water partition coefficient (Wildman–Crippen LogP) is 2.41. The number of hydrogen-bond donors (Lipinski definition) is 0. The van der Waals surface area contributed by atoms with Crippen molar-refractivity contribution in [3.05, 3.63) is 52.2 Å². The Hall–Kier alpha value is -3.16. The molecule has 0 bridgehead atoms. The number of carbonyl (C=O) groups excluding carboxylic acids is 1. The van der Waals surface area contributed by atoms with Crippen molar-refractivity contribution in [2.75, 3.05) is 31.1 Å². The minimum absolute atomic E-state index is 0.0766. The lowest BCUT2D eigenvalue weighted by atomic mass is 10.2. The summed E-state index contributed by atoms with van der Waals surface area (Å²) in [6.07, 6.45) is 3.00. The molecule has 3 aromatic rings. The molecule has 0 spiro atoms. The molecule has 0 unspecified atom stereocenters. The van der Waals surface area contributed by atoms with Crippen molar-refractivity contribution >= 4 is 22.8 Å². The third-order valence-corrected chi connectivity index (χ3v) is 5.27. The summed E-state index contributed by atoms with van der Waals surface area (Å²) >= 11 is 0. The Morgan fingerprint density at radius 1 is 1.11 bits per heavy atom. The summed E-state index contributed by atoms with van der Waals surface area (Å²) in [6.45, 7) is 2.43. The molecule has 1 aromatic carbocycles. The van der Waals surface area contributed by atoms with E-state index in [4.69, 9.17) is 8.94 Å². The van der Waals surface area contributed by atoms with Gasteiger partial charge in [-0.3, -0.25) is 9.59 Å². The number of fused-ring (bicyclic) bond motifs is 1. The Labute approximate surface area is 160 Å². The fraction of sp³-hybridized carbons (Fsp3) is 0.400. The maximum Gasteiger partial charge on any atom is 0.289 e. The molecule has 1 amide bonds. The van der Waals surface area contributed by atoms with Gasteiger partial charge >= 0.3 is 0 Å². The molecule has 8 nitrogen and oxygen atoms in total. The maximum absolute atomic E-state index is 12.9. The van der Waals surface area contributed by atoms with Crippen LogP contribution in [-0.2, 0) is 0 Å². The number of nitrogens with zero attached hydrogens (tertiary/aromatic N) is 4. The lowest BCUT2D eigenvalue weighted by Gasteiger charge is -2.20. The van der Waals surface area contributed by atoms with Crippen molar-refractivity contribution in [3.8, 4) is 0 Å². The number of carbonyl (C=O) groups is 1. The number of aromatic nitrogens is 2. The van der Waals surface area contributed by atoms with Gasteiger partial charge in [-0.1, -0.05) is 12.1 Å². The molecule has 5 rings (SSSR count). The second kappa shape index (κ2) is 6.78. The van der Waals surface area contributed by atoms with Gasteiger partial charge in [-0.15, -0.1) is 0 Å². The molecular weight excluding hydrogens is 360 g/mol. The molecule has 2 aliphatic rings. The Morgan fingerprint density at radius 3 is 2.82 bits per heavy atom. The van der Waals surface area contributed by atoms with E-state index in [1.54, 1.807) is 29.2 Å². The summed E-state index contributed by atoms with van der Waals surface area (Å²) in [5.74, 6) is 1.53. The minimum atomic E-state index is -0.267. The molecule has 3 heterocycles. The van der Waals surface area contributed by atoms with E-state index < -0.39 is 0 Å². The predicted molar refractivity (Wildman–Crippen MR) is 101 cm³/mol. The van der Waals surface area contributed by atoms with Crippen molar-refractivity contribution in [2.24, 2.45) is 0 Å². The molecular formula is C20H20N4O4. The fourth-order valence-electron chi connectivity index (χ4n) is 3.54. The number of hydrogen-bond acceptors (Lipinski definition) is 7. The summed E-state index contributed by atoms with van der Waals surface area (Å²) in [5, 5.41) is 4.57. The highest BCUT2D eigenvalue weighted by Gasteiger charge is 2.31. The molecule has 1 aliphatic heterocycles. The van der Waals surface area contributed by atoms with Crippen LogP contribution in [0, 0.1) is 0 Å². The molecule has 0 atom stereocenters. The van der Waals surface area contributed by atoms with Gasteiger partial charge in [-0.25, -0.2) is 0 Å². The molecule has 2 aromatic heterocycles. The van der Waals surface area contributed by atoms with Gasteiger partial charge in [0.25, 0.3) is 11.9 Å². The normalized spacial score (nSPS) is 17.7. The highest BCUT2D eigenvalue weighted by Crippen LogP contribution is 2.39. The summed E-state index contributed by atoms with van der Waals surface area (Å²) < 4.78 is 11.0. The van der Waals surface area contributed by atoms with Crippen molar-refractivity contribution < 1.29 is 13.7 Å². The van der Waals surface area contributed by atoms with Gasteiger partial charge in [-0.05, 0) is 36.6 Å². The van der Waals surface area contributed by atoms with Gasteiger partial charge in [0.1, 0.15) is 5.58 Å². The standard InChI is InChI=1S/C20H20N4O4/c25-15-12-17(27-16-5-2-1-4-14(15)16)19(26)23-8-3-9-24(11-10-23)20-21-18(28-22-20)13-6-7-13/h1-2,4-5,12-13H,3,6-11H2. The highest BCUT2D eigenvalue weighted by atomic mass is 16.5. The van der Waals surface area contributed by atoms with Crippen LogP contribution >= 0.6 is 0 Å². The van der Waals surface area contributed by atoms with Crippen LogP contribution in [0.1, 0.15) is 41.6 Å². The fourth-order valence-corrected chi connectivity index (χ4v) is 3.54. The second-order valence-corrected chi connectivity index (χ2v) is 7.31. The molecule has 8 heteroatoms. The lowest BCUT2D eigenvalue weighted by Crippen LogP contribution is -2.35. The SMILES string of the molecule is O=C(c1cc(=O)c2ccccc2o1)N1CCCN(c2noc(C3CC3)n2)CC1. The molecule has 1 saturated carbocycles. The van der Waals surface area contributed by atoms with E-state index in [0.29, 0.717) is 48.4 Å². The Kier molecular flexibility index (Phi) is 4.11. The van der Waals surface area contributed by atoms with Gasteiger partial charge in [0.2, 0.25) is 5.89 Å². The van der Waals surface area contributed by atoms with Crippen LogP contribution in [-0.4, -0.2) is 47.1 Å². The Balaban J connectivity index is 1.32. The first-order valence-corrected chi connectivity index (χ1v) is 9.60. The Morgan fingerprint density at radius 2 is 1.96 bits per heavy atom. The van der Waals surface area contributed by atoms with E-state index in [1.165, 1.54) is 6.07 Å². The number of rotatable bonds is 3. The largest absolute Gasteiger partial charge is 0.451 e. The van der Waals surface area contributed by atoms with Crippen molar-refractivity contribution in [3.63, 3.8) is 0 Å². The first-order chi connectivity index (χ1) is 13.7. The zero-order valence-electron chi connectivity index (χ0n) is 15.3. The summed E-state index contributed by atoms with van der Waals surface area (Å²) in [4.78, 5) is 33.5. The van der Waals surface area contributed by atoms with E-state index in [9.17, 15) is 9.59 Å². The van der Waals surface area contributed by atoms with Gasteiger partial charge in [0.15, 0.2) is 11.2 Å². The number of benzene rings is 1. The number of amides is 1.